The molecule has 8 nitrogen and oxygen atoms in total. The lowest BCUT2D eigenvalue weighted by Crippen LogP contribution is -2.65. The highest BCUT2D eigenvalue weighted by Crippen LogP contribution is 2.48. The fourth-order valence-electron chi connectivity index (χ4n) is 5.17. The molecule has 3 rings (SSSR count). The van der Waals surface area contributed by atoms with Crippen LogP contribution in [0.25, 0.3) is 11.8 Å². The number of hydrogen-bond acceptors (Lipinski definition) is 8. The SMILES string of the molecule is [B]C(O)(O)C([B])([B])N(C)c1cc(N/C(=C/N)c2cc(F)cc(C(F)(F)F)c2N)c(C(NC)c2cc(F)ccc2Cl)c(C=C)c1N(C=C)C(F)F. The van der Waals surface area contributed by atoms with E-state index in [4.69, 9.17) is 46.6 Å². The molecule has 0 saturated heterocycles. The van der Waals surface area contributed by atoms with Gasteiger partial charge in [-0.05, 0) is 49.0 Å². The van der Waals surface area contributed by atoms with Crippen LogP contribution in [0, 0.1) is 11.6 Å². The summed E-state index contributed by atoms with van der Waals surface area (Å²) in [7, 11) is 19.9. The van der Waals surface area contributed by atoms with Gasteiger partial charge in [-0.3, -0.25) is 4.90 Å². The normalized spacial score (nSPS) is 13.3. The Morgan fingerprint density at radius 3 is 2.14 bits per heavy atom. The van der Waals surface area contributed by atoms with Gasteiger partial charge < -0.3 is 37.2 Å². The Morgan fingerprint density at radius 1 is 1.04 bits per heavy atom. The smallest absolute Gasteiger partial charge is 0.403 e. The summed E-state index contributed by atoms with van der Waals surface area (Å²) >= 11 is 6.46. The molecule has 1 atom stereocenters. The second-order valence-corrected chi connectivity index (χ2v) is 11.2. The average molecular weight is 718 g/mol. The Balaban J connectivity index is 2.61. The van der Waals surface area contributed by atoms with Crippen molar-refractivity contribution in [3.63, 3.8) is 0 Å². The van der Waals surface area contributed by atoms with Crippen molar-refractivity contribution in [2.75, 3.05) is 34.9 Å². The van der Waals surface area contributed by atoms with Gasteiger partial charge in [-0.15, -0.1) is 0 Å². The van der Waals surface area contributed by atoms with Gasteiger partial charge in [0.25, 0.3) is 0 Å². The molecule has 0 aromatic heterocycles. The zero-order chi connectivity index (χ0) is 38.1. The zero-order valence-electron chi connectivity index (χ0n) is 26.5. The Labute approximate surface area is 292 Å². The van der Waals surface area contributed by atoms with Crippen molar-refractivity contribution in [2.45, 2.75) is 29.8 Å². The Hall–Kier alpha value is -4.25. The van der Waals surface area contributed by atoms with Crippen molar-refractivity contribution in [1.29, 1.82) is 0 Å². The van der Waals surface area contributed by atoms with Crippen LogP contribution in [0.2, 0.25) is 5.02 Å². The summed E-state index contributed by atoms with van der Waals surface area (Å²) in [6.45, 7) is 3.84. The van der Waals surface area contributed by atoms with Crippen LogP contribution in [0.3, 0.4) is 0 Å². The molecule has 0 aliphatic heterocycles. The number of nitrogens with one attached hydrogen (secondary N) is 2. The number of nitrogens with two attached hydrogens (primary N) is 2. The average Bonchev–Trinajstić information content (AvgIpc) is 3.02. The van der Waals surface area contributed by atoms with Crippen LogP contribution in [0.15, 0.2) is 62.0 Å². The molecular formula is C31H29B3ClF7N6O2. The predicted molar refractivity (Wildman–Crippen MR) is 185 cm³/mol. The minimum atomic E-state index is -5.09. The third-order valence-corrected chi connectivity index (χ3v) is 8.10. The third-order valence-electron chi connectivity index (χ3n) is 7.76. The first-order valence-electron chi connectivity index (χ1n) is 14.1. The maximum atomic E-state index is 14.7. The number of benzene rings is 3. The molecule has 260 valence electrons. The Bertz CT molecular complexity index is 1810. The summed E-state index contributed by atoms with van der Waals surface area (Å²) in [5.74, 6) is -2.10. The molecule has 0 aliphatic rings. The van der Waals surface area contributed by atoms with E-state index in [9.17, 15) is 40.9 Å². The van der Waals surface area contributed by atoms with E-state index in [1.807, 2.05) is 0 Å². The molecule has 50 heavy (non-hydrogen) atoms. The molecule has 0 spiro atoms. The van der Waals surface area contributed by atoms with Crippen LogP contribution in [0.1, 0.15) is 33.9 Å². The lowest BCUT2D eigenvalue weighted by atomic mass is 9.50. The molecule has 19 heteroatoms. The summed E-state index contributed by atoms with van der Waals surface area (Å²) in [5, 5.41) is 23.3. The number of alkyl halides is 5. The molecule has 0 amide bonds. The first-order valence-corrected chi connectivity index (χ1v) is 14.5. The highest BCUT2D eigenvalue weighted by atomic mass is 35.5. The van der Waals surface area contributed by atoms with Gasteiger partial charge in [0.05, 0.1) is 50.1 Å². The van der Waals surface area contributed by atoms with Gasteiger partial charge in [-0.25, -0.2) is 8.78 Å². The number of nitrogen functional groups attached to an aromatic ring is 1. The van der Waals surface area contributed by atoms with Crippen molar-refractivity contribution in [3.8, 4) is 0 Å². The van der Waals surface area contributed by atoms with Crippen molar-refractivity contribution in [2.24, 2.45) is 5.73 Å². The maximum Gasteiger partial charge on any atom is 0.418 e. The molecule has 0 bridgehead atoms. The van der Waals surface area contributed by atoms with Gasteiger partial charge in [0, 0.05) is 52.2 Å². The van der Waals surface area contributed by atoms with Crippen LogP contribution in [0.4, 0.5) is 53.5 Å². The lowest BCUT2D eigenvalue weighted by Gasteiger charge is -2.48. The van der Waals surface area contributed by atoms with Crippen LogP contribution in [0.5, 0.6) is 0 Å². The second-order valence-electron chi connectivity index (χ2n) is 10.8. The standard InChI is InChI=1S/C31H29B3ClF7N6O2/c1-5-16-24(26(45-3)17-9-14(36)7-8-20(17)35)21(46-22(13-43)18-10-15(37)11-19(25(18)44)29(40,41)42)12-23(27(16)48(6-2)28(38)39)47(4)30(32,33)31(34,49)50/h5-13,26,28,45-46,49-50H,1-2,43-44H2,3-4H3/b22-13+. The summed E-state index contributed by atoms with van der Waals surface area (Å²) in [5.41, 5.74) is 3.41. The van der Waals surface area contributed by atoms with Gasteiger partial charge in [-0.2, -0.15) is 22.0 Å². The second kappa shape index (κ2) is 14.9. The van der Waals surface area contributed by atoms with Gasteiger partial charge in [0.1, 0.15) is 17.3 Å². The highest BCUT2D eigenvalue weighted by molar-refractivity contribution is 6.46. The molecule has 3 aromatic carbocycles. The number of anilines is 4. The molecule has 3 aromatic rings. The van der Waals surface area contributed by atoms with E-state index in [0.29, 0.717) is 22.1 Å². The fraction of sp³-hybridized carbons (Fsp3) is 0.226. The summed E-state index contributed by atoms with van der Waals surface area (Å²) < 4.78 is 100. The number of nitrogens with zero attached hydrogens (tertiary/aromatic N) is 2. The van der Waals surface area contributed by atoms with Crippen LogP contribution < -0.4 is 31.9 Å². The van der Waals surface area contributed by atoms with Crippen LogP contribution in [-0.4, -0.2) is 65.4 Å². The van der Waals surface area contributed by atoms with E-state index < -0.39 is 75.3 Å². The number of hydrogen-bond donors (Lipinski definition) is 6. The first-order chi connectivity index (χ1) is 23.1. The highest BCUT2D eigenvalue weighted by Gasteiger charge is 2.42. The minimum Gasteiger partial charge on any atom is -0.403 e. The fourth-order valence-corrected chi connectivity index (χ4v) is 5.39. The number of rotatable bonds is 13. The maximum absolute atomic E-state index is 14.7. The molecule has 0 fully saturated rings. The molecule has 0 saturated carbocycles. The molecule has 0 aliphatic carbocycles. The topological polar surface area (TPSA) is 123 Å². The molecule has 0 heterocycles. The van der Waals surface area contributed by atoms with Gasteiger partial charge in [0.15, 0.2) is 7.85 Å². The van der Waals surface area contributed by atoms with Crippen molar-refractivity contribution in [3.05, 3.63) is 106 Å². The third kappa shape index (κ3) is 7.72. The van der Waals surface area contributed by atoms with E-state index in [0.717, 1.165) is 37.5 Å². The van der Waals surface area contributed by atoms with E-state index in [-0.39, 0.29) is 33.5 Å². The number of likely N-dealkylation sites (N-methyl/N-ethyl adjacent to an activating group) is 1. The summed E-state index contributed by atoms with van der Waals surface area (Å²) in [4.78, 5) is 1.04. The van der Waals surface area contributed by atoms with Gasteiger partial charge in [0.2, 0.25) is 0 Å². The number of aliphatic hydroxyl groups is 2. The Morgan fingerprint density at radius 2 is 1.66 bits per heavy atom. The lowest BCUT2D eigenvalue weighted by molar-refractivity contribution is -0.137. The largest absolute Gasteiger partial charge is 0.418 e. The monoisotopic (exact) mass is 718 g/mol. The van der Waals surface area contributed by atoms with Crippen molar-refractivity contribution in [1.82, 2.24) is 5.32 Å². The van der Waals surface area contributed by atoms with Crippen molar-refractivity contribution >= 4 is 69.7 Å². The molecule has 8 N–H and O–H groups in total. The van der Waals surface area contributed by atoms with Gasteiger partial charge in [-0.1, -0.05) is 30.8 Å². The first kappa shape index (κ1) is 40.2. The molecular weight excluding hydrogens is 689 g/mol. The van der Waals surface area contributed by atoms with E-state index in [1.165, 1.54) is 13.1 Å². The zero-order valence-corrected chi connectivity index (χ0v) is 27.2. The van der Waals surface area contributed by atoms with E-state index in [1.54, 1.807) is 0 Å². The van der Waals surface area contributed by atoms with E-state index in [2.05, 4.69) is 23.8 Å². The van der Waals surface area contributed by atoms with Gasteiger partial charge >= 0.3 is 12.7 Å². The quantitative estimate of drug-likeness (QED) is 0.0483. The minimum absolute atomic E-state index is 0.0147. The van der Waals surface area contributed by atoms with Crippen molar-refractivity contribution < 1.29 is 40.9 Å². The molecule has 6 radical (unpaired) electrons. The summed E-state index contributed by atoms with van der Waals surface area (Å²) in [6, 6.07) is 3.95. The van der Waals surface area contributed by atoms with E-state index >= 15 is 0 Å². The van der Waals surface area contributed by atoms with Crippen LogP contribution in [-0.2, 0) is 6.18 Å². The Kier molecular flexibility index (Phi) is 12.0. The molecule has 1 unspecified atom stereocenters. The van der Waals surface area contributed by atoms with Crippen LogP contribution >= 0.6 is 11.6 Å². The number of halogens is 8. The summed E-state index contributed by atoms with van der Waals surface area (Å²) in [6.07, 6.45) is -2.55. The predicted octanol–water partition coefficient (Wildman–Crippen LogP) is 4.95.